The van der Waals surface area contributed by atoms with Gasteiger partial charge in [-0.3, -0.25) is 9.48 Å². The van der Waals surface area contributed by atoms with Gasteiger partial charge in [-0.25, -0.2) is 4.79 Å². The smallest absolute Gasteiger partial charge is 0.407 e. The second-order valence-corrected chi connectivity index (χ2v) is 5.92. The number of anilines is 1. The molecule has 1 aromatic heterocycles. The SMILES string of the molecule is Cn1cc(N2C[C@@H](NC(=O)OC(C)(C)C)CC2=O)cn1. The highest BCUT2D eigenvalue weighted by Crippen LogP contribution is 2.20. The minimum absolute atomic E-state index is 0.0286. The van der Waals surface area contributed by atoms with Crippen molar-refractivity contribution in [3.8, 4) is 0 Å². The standard InChI is InChI=1S/C13H20N4O3/c1-13(2,3)20-12(19)15-9-5-11(18)17(7-9)10-6-14-16(4)8-10/h6,8-9H,5,7H2,1-4H3,(H,15,19)/t9-/m0/s1. The van der Waals surface area contributed by atoms with Crippen LogP contribution in [0.15, 0.2) is 12.4 Å². The van der Waals surface area contributed by atoms with Crippen molar-refractivity contribution in [2.24, 2.45) is 7.05 Å². The number of nitrogens with one attached hydrogen (secondary N) is 1. The van der Waals surface area contributed by atoms with Crippen molar-refractivity contribution >= 4 is 17.7 Å². The topological polar surface area (TPSA) is 76.5 Å². The number of carbonyl (C=O) groups is 2. The molecule has 0 spiro atoms. The fourth-order valence-electron chi connectivity index (χ4n) is 2.08. The van der Waals surface area contributed by atoms with Crippen molar-refractivity contribution in [1.82, 2.24) is 15.1 Å². The van der Waals surface area contributed by atoms with E-state index in [0.717, 1.165) is 5.69 Å². The van der Waals surface area contributed by atoms with Gasteiger partial charge in [-0.2, -0.15) is 5.10 Å². The van der Waals surface area contributed by atoms with Crippen LogP contribution in [0.2, 0.25) is 0 Å². The number of aryl methyl sites for hydroxylation is 1. The molecule has 1 aromatic rings. The fraction of sp³-hybridized carbons (Fsp3) is 0.615. The van der Waals surface area contributed by atoms with Gasteiger partial charge in [0, 0.05) is 26.2 Å². The molecule has 1 aliphatic rings. The molecule has 0 unspecified atom stereocenters. The van der Waals surface area contributed by atoms with E-state index >= 15 is 0 Å². The zero-order valence-corrected chi connectivity index (χ0v) is 12.2. The molecule has 1 N–H and O–H groups in total. The molecule has 0 bridgehead atoms. The third kappa shape index (κ3) is 3.49. The Balaban J connectivity index is 1.94. The Labute approximate surface area is 117 Å². The molecule has 20 heavy (non-hydrogen) atoms. The third-order valence-electron chi connectivity index (χ3n) is 2.85. The van der Waals surface area contributed by atoms with E-state index in [1.165, 1.54) is 0 Å². The average Bonchev–Trinajstić information content (AvgIpc) is 2.82. The highest BCUT2D eigenvalue weighted by atomic mass is 16.6. The van der Waals surface area contributed by atoms with E-state index in [1.54, 1.807) is 49.8 Å². The van der Waals surface area contributed by atoms with Crippen LogP contribution in [-0.2, 0) is 16.6 Å². The summed E-state index contributed by atoms with van der Waals surface area (Å²) < 4.78 is 6.82. The van der Waals surface area contributed by atoms with Crippen molar-refractivity contribution < 1.29 is 14.3 Å². The Morgan fingerprint density at radius 1 is 1.50 bits per heavy atom. The summed E-state index contributed by atoms with van der Waals surface area (Å²) in [5.41, 5.74) is 0.196. The first kappa shape index (κ1) is 14.4. The second-order valence-electron chi connectivity index (χ2n) is 5.92. The lowest BCUT2D eigenvalue weighted by atomic mass is 10.2. The number of rotatable bonds is 2. The van der Waals surface area contributed by atoms with Crippen LogP contribution in [0.25, 0.3) is 0 Å². The first-order chi connectivity index (χ1) is 9.24. The van der Waals surface area contributed by atoms with Crippen LogP contribution in [0.4, 0.5) is 10.5 Å². The van der Waals surface area contributed by atoms with E-state index in [9.17, 15) is 9.59 Å². The van der Waals surface area contributed by atoms with Gasteiger partial charge in [-0.15, -0.1) is 0 Å². The monoisotopic (exact) mass is 280 g/mol. The summed E-state index contributed by atoms with van der Waals surface area (Å²) in [4.78, 5) is 25.3. The molecule has 0 saturated carbocycles. The van der Waals surface area contributed by atoms with E-state index in [2.05, 4.69) is 10.4 Å². The maximum absolute atomic E-state index is 12.0. The van der Waals surface area contributed by atoms with E-state index in [4.69, 9.17) is 4.74 Å². The van der Waals surface area contributed by atoms with Crippen LogP contribution in [0.5, 0.6) is 0 Å². The first-order valence-electron chi connectivity index (χ1n) is 6.53. The molecule has 1 aliphatic heterocycles. The third-order valence-corrected chi connectivity index (χ3v) is 2.85. The lowest BCUT2D eigenvalue weighted by molar-refractivity contribution is -0.117. The molecular formula is C13H20N4O3. The first-order valence-corrected chi connectivity index (χ1v) is 6.53. The van der Waals surface area contributed by atoms with Crippen LogP contribution in [0.1, 0.15) is 27.2 Å². The summed E-state index contributed by atoms with van der Waals surface area (Å²) >= 11 is 0. The predicted octanol–water partition coefficient (Wildman–Crippen LogP) is 1.05. The van der Waals surface area contributed by atoms with Gasteiger partial charge in [0.2, 0.25) is 5.91 Å². The zero-order chi connectivity index (χ0) is 14.9. The van der Waals surface area contributed by atoms with E-state index in [0.29, 0.717) is 6.54 Å². The molecule has 0 aromatic carbocycles. The van der Waals surface area contributed by atoms with Gasteiger partial charge in [-0.1, -0.05) is 0 Å². The van der Waals surface area contributed by atoms with E-state index in [1.807, 2.05) is 0 Å². The van der Waals surface area contributed by atoms with Gasteiger partial charge in [0.15, 0.2) is 0 Å². The minimum Gasteiger partial charge on any atom is -0.444 e. The van der Waals surface area contributed by atoms with Gasteiger partial charge >= 0.3 is 6.09 Å². The van der Waals surface area contributed by atoms with Crippen molar-refractivity contribution in [3.63, 3.8) is 0 Å². The molecule has 1 atom stereocenters. The maximum Gasteiger partial charge on any atom is 0.407 e. The lowest BCUT2D eigenvalue weighted by Crippen LogP contribution is -2.40. The average molecular weight is 280 g/mol. The Morgan fingerprint density at radius 3 is 2.75 bits per heavy atom. The summed E-state index contributed by atoms with van der Waals surface area (Å²) in [5.74, 6) is -0.0286. The summed E-state index contributed by atoms with van der Waals surface area (Å²) in [6.45, 7) is 5.83. The van der Waals surface area contributed by atoms with Gasteiger partial charge in [0.25, 0.3) is 0 Å². The number of hydrogen-bond acceptors (Lipinski definition) is 4. The van der Waals surface area contributed by atoms with Crippen molar-refractivity contribution in [3.05, 3.63) is 12.4 Å². The normalized spacial score (nSPS) is 19.3. The van der Waals surface area contributed by atoms with E-state index < -0.39 is 11.7 Å². The van der Waals surface area contributed by atoms with Gasteiger partial charge in [0.05, 0.1) is 17.9 Å². The molecule has 2 rings (SSSR count). The van der Waals surface area contributed by atoms with Crippen LogP contribution >= 0.6 is 0 Å². The van der Waals surface area contributed by atoms with Crippen molar-refractivity contribution in [1.29, 1.82) is 0 Å². The Morgan fingerprint density at radius 2 is 2.20 bits per heavy atom. The quantitative estimate of drug-likeness (QED) is 0.878. The Hall–Kier alpha value is -2.05. The fourth-order valence-corrected chi connectivity index (χ4v) is 2.08. The Kier molecular flexibility index (Phi) is 3.69. The number of ether oxygens (including phenoxy) is 1. The number of hydrogen-bond donors (Lipinski definition) is 1. The number of amides is 2. The molecule has 2 heterocycles. The largest absolute Gasteiger partial charge is 0.444 e. The van der Waals surface area contributed by atoms with Crippen LogP contribution < -0.4 is 10.2 Å². The molecule has 0 aliphatic carbocycles. The maximum atomic E-state index is 12.0. The van der Waals surface area contributed by atoms with Gasteiger partial charge in [0.1, 0.15) is 5.60 Å². The minimum atomic E-state index is -0.546. The van der Waals surface area contributed by atoms with Crippen LogP contribution in [-0.4, -0.2) is 40.0 Å². The zero-order valence-electron chi connectivity index (χ0n) is 12.2. The predicted molar refractivity (Wildman–Crippen MR) is 73.3 cm³/mol. The van der Waals surface area contributed by atoms with Gasteiger partial charge in [-0.05, 0) is 20.8 Å². The molecular weight excluding hydrogens is 260 g/mol. The molecule has 2 amide bonds. The van der Waals surface area contributed by atoms with E-state index in [-0.39, 0.29) is 18.4 Å². The molecule has 7 heteroatoms. The molecule has 1 fully saturated rings. The van der Waals surface area contributed by atoms with Crippen molar-refractivity contribution in [2.45, 2.75) is 38.8 Å². The highest BCUT2D eigenvalue weighted by Gasteiger charge is 2.33. The summed E-state index contributed by atoms with van der Waals surface area (Å²) in [7, 11) is 1.79. The number of alkyl carbamates (subject to hydrolysis) is 1. The molecule has 0 radical (unpaired) electrons. The van der Waals surface area contributed by atoms with Crippen molar-refractivity contribution in [2.75, 3.05) is 11.4 Å². The summed E-state index contributed by atoms with van der Waals surface area (Å²) in [6, 6.07) is -0.238. The molecule has 1 saturated heterocycles. The molecule has 7 nitrogen and oxygen atoms in total. The summed E-state index contributed by atoms with van der Waals surface area (Å²) in [5, 5.41) is 6.76. The number of carbonyl (C=O) groups excluding carboxylic acids is 2. The lowest BCUT2D eigenvalue weighted by Gasteiger charge is -2.21. The Bertz CT molecular complexity index is 518. The molecule has 110 valence electrons. The second kappa shape index (κ2) is 5.15. The van der Waals surface area contributed by atoms with Crippen LogP contribution in [0, 0.1) is 0 Å². The van der Waals surface area contributed by atoms with Crippen LogP contribution in [0.3, 0.4) is 0 Å². The summed E-state index contributed by atoms with van der Waals surface area (Å²) in [6.07, 6.45) is 3.18. The van der Waals surface area contributed by atoms with Gasteiger partial charge < -0.3 is 15.0 Å². The number of nitrogens with zero attached hydrogens (tertiary/aromatic N) is 3. The highest BCUT2D eigenvalue weighted by molar-refractivity contribution is 5.96. The number of aromatic nitrogens is 2.